The highest BCUT2D eigenvalue weighted by Crippen LogP contribution is 2.43. The summed E-state index contributed by atoms with van der Waals surface area (Å²) in [4.78, 5) is 12.0. The lowest BCUT2D eigenvalue weighted by atomic mass is 9.84. The second-order valence-corrected chi connectivity index (χ2v) is 5.12. The van der Waals surface area contributed by atoms with Crippen LogP contribution in [0.4, 0.5) is 10.1 Å². The average molecular weight is 301 g/mol. The summed E-state index contributed by atoms with van der Waals surface area (Å²) in [5, 5.41) is 2.81. The van der Waals surface area contributed by atoms with E-state index in [0.29, 0.717) is 22.7 Å². The van der Waals surface area contributed by atoms with Crippen molar-refractivity contribution in [1.82, 2.24) is 0 Å². The van der Waals surface area contributed by atoms with Gasteiger partial charge in [0.25, 0.3) is 0 Å². The van der Waals surface area contributed by atoms with Crippen molar-refractivity contribution in [2.75, 3.05) is 19.5 Å². The summed E-state index contributed by atoms with van der Waals surface area (Å²) in [6, 6.07) is 10.0. The van der Waals surface area contributed by atoms with E-state index in [-0.39, 0.29) is 24.1 Å². The zero-order valence-corrected chi connectivity index (χ0v) is 12.4. The van der Waals surface area contributed by atoms with Crippen molar-refractivity contribution in [3.8, 4) is 11.5 Å². The third-order valence-electron chi connectivity index (χ3n) is 3.88. The summed E-state index contributed by atoms with van der Waals surface area (Å²) in [5.41, 5.74) is 1.95. The lowest BCUT2D eigenvalue weighted by molar-refractivity contribution is -0.116. The van der Waals surface area contributed by atoms with Crippen molar-refractivity contribution in [2.45, 2.75) is 12.3 Å². The number of carbonyl (C=O) groups is 1. The van der Waals surface area contributed by atoms with Crippen molar-refractivity contribution >= 4 is 11.6 Å². The van der Waals surface area contributed by atoms with Gasteiger partial charge in [0.1, 0.15) is 5.82 Å². The summed E-state index contributed by atoms with van der Waals surface area (Å²) in [6.07, 6.45) is 0.198. The molecule has 0 unspecified atom stereocenters. The zero-order chi connectivity index (χ0) is 15.7. The number of benzene rings is 2. The van der Waals surface area contributed by atoms with Gasteiger partial charge < -0.3 is 14.8 Å². The van der Waals surface area contributed by atoms with Crippen LogP contribution >= 0.6 is 0 Å². The molecule has 5 heteroatoms. The molecular formula is C17H16FNO3. The van der Waals surface area contributed by atoms with E-state index in [1.807, 2.05) is 0 Å². The fourth-order valence-corrected chi connectivity index (χ4v) is 2.82. The quantitative estimate of drug-likeness (QED) is 0.946. The Morgan fingerprint density at radius 2 is 1.77 bits per heavy atom. The molecule has 0 saturated heterocycles. The van der Waals surface area contributed by atoms with E-state index >= 15 is 0 Å². The molecular weight excluding hydrogens is 285 g/mol. The topological polar surface area (TPSA) is 47.6 Å². The summed E-state index contributed by atoms with van der Waals surface area (Å²) in [7, 11) is 3.08. The number of amides is 1. The lowest BCUT2D eigenvalue weighted by Gasteiger charge is -2.27. The van der Waals surface area contributed by atoms with Crippen LogP contribution in [0.1, 0.15) is 23.5 Å². The molecule has 1 N–H and O–H groups in total. The van der Waals surface area contributed by atoms with E-state index in [0.717, 1.165) is 5.56 Å². The highest BCUT2D eigenvalue weighted by atomic mass is 19.1. The van der Waals surface area contributed by atoms with Gasteiger partial charge in [-0.05, 0) is 23.3 Å². The lowest BCUT2D eigenvalue weighted by Crippen LogP contribution is -2.24. The molecule has 22 heavy (non-hydrogen) atoms. The molecule has 1 amide bonds. The number of hydrogen-bond donors (Lipinski definition) is 1. The number of halogens is 1. The third-order valence-corrected chi connectivity index (χ3v) is 3.88. The monoisotopic (exact) mass is 301 g/mol. The number of rotatable bonds is 3. The SMILES string of the molecule is COc1cc2c(cc1OC)[C@H](c1ccccc1F)CC(=O)N2. The maximum absolute atomic E-state index is 14.1. The maximum Gasteiger partial charge on any atom is 0.225 e. The van der Waals surface area contributed by atoms with Crippen LogP contribution in [0, 0.1) is 5.82 Å². The summed E-state index contributed by atoms with van der Waals surface area (Å²) >= 11 is 0. The summed E-state index contributed by atoms with van der Waals surface area (Å²) < 4.78 is 24.7. The first-order chi connectivity index (χ1) is 10.6. The van der Waals surface area contributed by atoms with Gasteiger partial charge in [-0.1, -0.05) is 18.2 Å². The van der Waals surface area contributed by atoms with E-state index in [4.69, 9.17) is 9.47 Å². The second kappa shape index (κ2) is 5.67. The van der Waals surface area contributed by atoms with Gasteiger partial charge in [-0.2, -0.15) is 0 Å². The number of methoxy groups -OCH3 is 2. The van der Waals surface area contributed by atoms with Gasteiger partial charge in [0.05, 0.1) is 14.2 Å². The first-order valence-corrected chi connectivity index (χ1v) is 6.94. The molecule has 4 nitrogen and oxygen atoms in total. The van der Waals surface area contributed by atoms with Crippen LogP contribution in [0.5, 0.6) is 11.5 Å². The first kappa shape index (κ1) is 14.4. The number of hydrogen-bond acceptors (Lipinski definition) is 3. The van der Waals surface area contributed by atoms with Crippen LogP contribution in [0.2, 0.25) is 0 Å². The highest BCUT2D eigenvalue weighted by Gasteiger charge is 2.29. The Morgan fingerprint density at radius 3 is 2.45 bits per heavy atom. The molecule has 114 valence electrons. The minimum absolute atomic E-state index is 0.145. The molecule has 0 radical (unpaired) electrons. The molecule has 0 aliphatic carbocycles. The molecule has 0 aromatic heterocycles. The predicted molar refractivity (Wildman–Crippen MR) is 81.0 cm³/mol. The number of fused-ring (bicyclic) bond motifs is 1. The van der Waals surface area contributed by atoms with Crippen molar-refractivity contribution < 1.29 is 18.7 Å². The van der Waals surface area contributed by atoms with Crippen LogP contribution in [0.25, 0.3) is 0 Å². The molecule has 1 atom stereocenters. The minimum atomic E-state index is -0.343. The van der Waals surface area contributed by atoms with Crippen LogP contribution in [0.15, 0.2) is 36.4 Å². The molecule has 1 heterocycles. The van der Waals surface area contributed by atoms with E-state index in [2.05, 4.69) is 5.32 Å². The average Bonchev–Trinajstić information content (AvgIpc) is 2.53. The fraction of sp³-hybridized carbons (Fsp3) is 0.235. The second-order valence-electron chi connectivity index (χ2n) is 5.12. The molecule has 3 rings (SSSR count). The summed E-state index contributed by atoms with van der Waals surface area (Å²) in [6.45, 7) is 0. The zero-order valence-electron chi connectivity index (χ0n) is 12.4. The van der Waals surface area contributed by atoms with Gasteiger partial charge in [0.15, 0.2) is 11.5 Å². The van der Waals surface area contributed by atoms with E-state index in [1.165, 1.54) is 13.2 Å². The third kappa shape index (κ3) is 2.39. The van der Waals surface area contributed by atoms with Crippen molar-refractivity contribution in [2.24, 2.45) is 0 Å². The number of ether oxygens (including phenoxy) is 2. The van der Waals surface area contributed by atoms with Crippen molar-refractivity contribution in [1.29, 1.82) is 0 Å². The first-order valence-electron chi connectivity index (χ1n) is 6.94. The number of nitrogens with one attached hydrogen (secondary N) is 1. The smallest absolute Gasteiger partial charge is 0.225 e. The molecule has 0 bridgehead atoms. The molecule has 2 aromatic carbocycles. The van der Waals surface area contributed by atoms with E-state index < -0.39 is 0 Å². The minimum Gasteiger partial charge on any atom is -0.493 e. The number of anilines is 1. The highest BCUT2D eigenvalue weighted by molar-refractivity contribution is 5.96. The molecule has 1 aliphatic heterocycles. The van der Waals surface area contributed by atoms with Crippen LogP contribution in [0.3, 0.4) is 0 Å². The van der Waals surface area contributed by atoms with Crippen LogP contribution < -0.4 is 14.8 Å². The van der Waals surface area contributed by atoms with Gasteiger partial charge in [0.2, 0.25) is 5.91 Å². The Hall–Kier alpha value is -2.56. The standard InChI is InChI=1S/C17H16FNO3/c1-21-15-7-12-11(10-5-3-4-6-13(10)18)8-17(20)19-14(12)9-16(15)22-2/h3-7,9,11H,8H2,1-2H3,(H,19,20)/t11-/m0/s1. The Balaban J connectivity index is 2.16. The molecule has 2 aromatic rings. The predicted octanol–water partition coefficient (Wildman–Crippen LogP) is 3.32. The van der Waals surface area contributed by atoms with Crippen LogP contribution in [-0.2, 0) is 4.79 Å². The molecule has 0 fully saturated rings. The fourth-order valence-electron chi connectivity index (χ4n) is 2.82. The molecule has 0 spiro atoms. The van der Waals surface area contributed by atoms with Crippen LogP contribution in [-0.4, -0.2) is 20.1 Å². The van der Waals surface area contributed by atoms with Crippen molar-refractivity contribution in [3.05, 3.63) is 53.3 Å². The van der Waals surface area contributed by atoms with E-state index in [1.54, 1.807) is 37.4 Å². The normalized spacial score (nSPS) is 16.7. The summed E-state index contributed by atoms with van der Waals surface area (Å²) in [5.74, 6) is 0.273. The maximum atomic E-state index is 14.1. The van der Waals surface area contributed by atoms with Gasteiger partial charge in [0, 0.05) is 24.1 Å². The van der Waals surface area contributed by atoms with E-state index in [9.17, 15) is 9.18 Å². The Bertz CT molecular complexity index is 730. The Kier molecular flexibility index (Phi) is 3.71. The van der Waals surface area contributed by atoms with Gasteiger partial charge in [-0.3, -0.25) is 4.79 Å². The van der Waals surface area contributed by atoms with Gasteiger partial charge in [-0.25, -0.2) is 4.39 Å². The Labute approximate surface area is 127 Å². The van der Waals surface area contributed by atoms with Gasteiger partial charge >= 0.3 is 0 Å². The Morgan fingerprint density at radius 1 is 1.09 bits per heavy atom. The molecule has 0 saturated carbocycles. The number of carbonyl (C=O) groups excluding carboxylic acids is 1. The largest absolute Gasteiger partial charge is 0.493 e. The van der Waals surface area contributed by atoms with Crippen molar-refractivity contribution in [3.63, 3.8) is 0 Å². The van der Waals surface area contributed by atoms with Gasteiger partial charge in [-0.15, -0.1) is 0 Å². The molecule has 1 aliphatic rings.